The summed E-state index contributed by atoms with van der Waals surface area (Å²) in [5, 5.41) is 9.83. The number of benzene rings is 2. The molecule has 1 atom stereocenters. The number of fused-ring (bicyclic) bond motifs is 1. The molecule has 1 heterocycles. The number of rotatable bonds is 3. The predicted octanol–water partition coefficient (Wildman–Crippen LogP) is 4.17. The van der Waals surface area contributed by atoms with E-state index in [-0.39, 0.29) is 22.7 Å². The summed E-state index contributed by atoms with van der Waals surface area (Å²) in [5.74, 6) is -1.49. The van der Waals surface area contributed by atoms with Gasteiger partial charge in [-0.2, -0.15) is 0 Å². The molecule has 0 bridgehead atoms. The van der Waals surface area contributed by atoms with Crippen LogP contribution in [0.25, 0.3) is 22.3 Å². The molecule has 3 nitrogen and oxygen atoms in total. The Hall–Kier alpha value is -2.56. The molecule has 5 heteroatoms. The van der Waals surface area contributed by atoms with Crippen molar-refractivity contribution in [2.24, 2.45) is 0 Å². The van der Waals surface area contributed by atoms with Crippen LogP contribution in [-0.2, 0) is 0 Å². The van der Waals surface area contributed by atoms with Gasteiger partial charge in [0.1, 0.15) is 22.7 Å². The summed E-state index contributed by atoms with van der Waals surface area (Å²) < 4.78 is 18.9. The first-order chi connectivity index (χ1) is 10.5. The first-order valence-electron chi connectivity index (χ1n) is 6.78. The molecule has 108 valence electrons. The van der Waals surface area contributed by atoms with Crippen LogP contribution in [0.4, 0.5) is 4.39 Å². The van der Waals surface area contributed by atoms with Crippen LogP contribution in [0.3, 0.4) is 0 Å². The summed E-state index contributed by atoms with van der Waals surface area (Å²) in [6.45, 7) is 1.86. The molecule has 0 saturated heterocycles. The summed E-state index contributed by atoms with van der Waals surface area (Å²) in [7, 11) is 5.80. The van der Waals surface area contributed by atoms with Crippen LogP contribution in [0.1, 0.15) is 28.7 Å². The second kappa shape index (κ2) is 5.33. The van der Waals surface area contributed by atoms with Gasteiger partial charge < -0.3 is 9.52 Å². The molecule has 3 rings (SSSR count). The summed E-state index contributed by atoms with van der Waals surface area (Å²) in [6, 6.07) is 10.9. The Morgan fingerprint density at radius 3 is 2.50 bits per heavy atom. The highest BCUT2D eigenvalue weighted by Gasteiger charge is 2.21. The van der Waals surface area contributed by atoms with Crippen LogP contribution < -0.4 is 0 Å². The number of carbonyl (C=O) groups is 1. The van der Waals surface area contributed by atoms with E-state index in [2.05, 4.69) is 0 Å². The molecule has 22 heavy (non-hydrogen) atoms. The van der Waals surface area contributed by atoms with Gasteiger partial charge in [-0.25, -0.2) is 9.18 Å². The third-order valence-corrected chi connectivity index (χ3v) is 3.56. The Bertz CT molecular complexity index is 850. The molecule has 0 fully saturated rings. The van der Waals surface area contributed by atoms with Crippen molar-refractivity contribution < 1.29 is 18.7 Å². The summed E-state index contributed by atoms with van der Waals surface area (Å²) in [4.78, 5) is 11.6. The van der Waals surface area contributed by atoms with Crippen LogP contribution in [0, 0.1) is 5.82 Å². The standard InChI is InChI=1S/C17H12BFO3/c1-9(18)10-2-4-11(5-3-10)16-15(17(20)21)13-7-6-12(19)8-14(13)22-16/h2-9H,1H3,(H,20,21). The monoisotopic (exact) mass is 294 g/mol. The fourth-order valence-electron chi connectivity index (χ4n) is 2.42. The van der Waals surface area contributed by atoms with Crippen LogP contribution in [0.15, 0.2) is 46.9 Å². The molecule has 1 unspecified atom stereocenters. The van der Waals surface area contributed by atoms with Gasteiger partial charge in [0.15, 0.2) is 0 Å². The van der Waals surface area contributed by atoms with Gasteiger partial charge in [0.2, 0.25) is 0 Å². The zero-order valence-corrected chi connectivity index (χ0v) is 11.8. The Kier molecular flexibility index (Phi) is 3.49. The third kappa shape index (κ3) is 2.39. The lowest BCUT2D eigenvalue weighted by Crippen LogP contribution is -1.97. The third-order valence-electron chi connectivity index (χ3n) is 3.56. The SMILES string of the molecule is [B]C(C)c1ccc(-c2oc3cc(F)ccc3c2C(=O)O)cc1. The summed E-state index contributed by atoms with van der Waals surface area (Å²) in [5.41, 5.74) is 1.79. The number of carboxylic acid groups (broad SMARTS) is 1. The van der Waals surface area contributed by atoms with E-state index in [4.69, 9.17) is 12.3 Å². The number of aromatic carboxylic acids is 1. The van der Waals surface area contributed by atoms with Crippen LogP contribution in [0.5, 0.6) is 0 Å². The van der Waals surface area contributed by atoms with E-state index in [0.29, 0.717) is 10.9 Å². The largest absolute Gasteiger partial charge is 0.478 e. The molecule has 0 aliphatic rings. The van der Waals surface area contributed by atoms with E-state index in [0.717, 1.165) is 5.56 Å². The second-order valence-electron chi connectivity index (χ2n) is 5.16. The number of hydrogen-bond donors (Lipinski definition) is 1. The van der Waals surface area contributed by atoms with Crippen molar-refractivity contribution in [2.75, 3.05) is 0 Å². The topological polar surface area (TPSA) is 50.4 Å². The van der Waals surface area contributed by atoms with Gasteiger partial charge in [-0.05, 0) is 12.1 Å². The van der Waals surface area contributed by atoms with Crippen molar-refractivity contribution in [3.05, 3.63) is 59.4 Å². The minimum atomic E-state index is -1.11. The average molecular weight is 294 g/mol. The van der Waals surface area contributed by atoms with Crippen molar-refractivity contribution in [1.29, 1.82) is 0 Å². The normalized spacial score (nSPS) is 12.5. The molecule has 0 saturated carbocycles. The molecule has 1 N–H and O–H groups in total. The molecule has 2 aromatic carbocycles. The molecule has 3 aromatic rings. The van der Waals surface area contributed by atoms with Gasteiger partial charge in [0.25, 0.3) is 0 Å². The lowest BCUT2D eigenvalue weighted by atomic mass is 9.83. The molecule has 0 spiro atoms. The van der Waals surface area contributed by atoms with E-state index in [1.807, 2.05) is 19.1 Å². The lowest BCUT2D eigenvalue weighted by molar-refractivity contribution is 0.0699. The molecule has 2 radical (unpaired) electrons. The lowest BCUT2D eigenvalue weighted by Gasteiger charge is -2.06. The Morgan fingerprint density at radius 1 is 1.23 bits per heavy atom. The van der Waals surface area contributed by atoms with Gasteiger partial charge >= 0.3 is 5.97 Å². The van der Waals surface area contributed by atoms with Gasteiger partial charge in [-0.3, -0.25) is 0 Å². The molecular weight excluding hydrogens is 282 g/mol. The fraction of sp³-hybridized carbons (Fsp3) is 0.118. The number of carboxylic acids is 1. The molecule has 0 aliphatic heterocycles. The second-order valence-corrected chi connectivity index (χ2v) is 5.16. The van der Waals surface area contributed by atoms with Gasteiger partial charge in [-0.15, -0.1) is 0 Å². The molecule has 0 aliphatic carbocycles. The van der Waals surface area contributed by atoms with Crippen molar-refractivity contribution in [1.82, 2.24) is 0 Å². The van der Waals surface area contributed by atoms with Crippen molar-refractivity contribution in [3.63, 3.8) is 0 Å². The number of hydrogen-bond acceptors (Lipinski definition) is 2. The van der Waals surface area contributed by atoms with E-state index >= 15 is 0 Å². The summed E-state index contributed by atoms with van der Waals surface area (Å²) >= 11 is 0. The average Bonchev–Trinajstić information content (AvgIpc) is 2.85. The highest BCUT2D eigenvalue weighted by Crippen LogP contribution is 2.34. The maximum atomic E-state index is 13.3. The van der Waals surface area contributed by atoms with Gasteiger partial charge in [0, 0.05) is 17.0 Å². The fourth-order valence-corrected chi connectivity index (χ4v) is 2.42. The molecular formula is C17H12BFO3. The molecule has 1 aromatic heterocycles. The zero-order valence-electron chi connectivity index (χ0n) is 11.8. The van der Waals surface area contributed by atoms with E-state index in [1.54, 1.807) is 12.1 Å². The Labute approximate surface area is 127 Å². The van der Waals surface area contributed by atoms with Crippen molar-refractivity contribution in [3.8, 4) is 11.3 Å². The van der Waals surface area contributed by atoms with Crippen molar-refractivity contribution in [2.45, 2.75) is 12.7 Å². The van der Waals surface area contributed by atoms with Crippen LogP contribution in [0.2, 0.25) is 0 Å². The summed E-state index contributed by atoms with van der Waals surface area (Å²) in [6.07, 6.45) is 0. The Balaban J connectivity index is 2.21. The minimum absolute atomic E-state index is 0.0311. The van der Waals surface area contributed by atoms with Gasteiger partial charge in [-0.1, -0.05) is 42.6 Å². The first kappa shape index (κ1) is 14.4. The Morgan fingerprint density at radius 2 is 1.91 bits per heavy atom. The predicted molar refractivity (Wildman–Crippen MR) is 82.7 cm³/mol. The quantitative estimate of drug-likeness (QED) is 0.738. The smallest absolute Gasteiger partial charge is 0.340 e. The van der Waals surface area contributed by atoms with E-state index < -0.39 is 11.8 Å². The molecule has 0 amide bonds. The number of halogens is 1. The maximum absolute atomic E-state index is 13.3. The van der Waals surface area contributed by atoms with Crippen LogP contribution >= 0.6 is 0 Å². The minimum Gasteiger partial charge on any atom is -0.478 e. The maximum Gasteiger partial charge on any atom is 0.340 e. The van der Waals surface area contributed by atoms with Gasteiger partial charge in [0.05, 0.1) is 7.85 Å². The van der Waals surface area contributed by atoms with E-state index in [1.165, 1.54) is 18.2 Å². The zero-order chi connectivity index (χ0) is 15.9. The highest BCUT2D eigenvalue weighted by molar-refractivity contribution is 6.12. The van der Waals surface area contributed by atoms with Crippen molar-refractivity contribution >= 4 is 24.8 Å². The van der Waals surface area contributed by atoms with E-state index in [9.17, 15) is 14.3 Å². The number of furan rings is 1. The van der Waals surface area contributed by atoms with Crippen LogP contribution in [-0.4, -0.2) is 18.9 Å². The highest BCUT2D eigenvalue weighted by atomic mass is 19.1. The first-order valence-corrected chi connectivity index (χ1v) is 6.78.